The fourth-order valence-electron chi connectivity index (χ4n) is 2.73. The van der Waals surface area contributed by atoms with Gasteiger partial charge in [-0.3, -0.25) is 4.79 Å². The van der Waals surface area contributed by atoms with E-state index in [1.165, 1.54) is 30.3 Å². The van der Waals surface area contributed by atoms with E-state index >= 15 is 0 Å². The molecule has 0 bridgehead atoms. The lowest BCUT2D eigenvalue weighted by Crippen LogP contribution is -2.28. The molecule has 1 fully saturated rings. The number of benzene rings is 2. The maximum absolute atomic E-state index is 13.0. The summed E-state index contributed by atoms with van der Waals surface area (Å²) in [6, 6.07) is 11.3. The van der Waals surface area contributed by atoms with E-state index < -0.39 is 11.7 Å². The maximum Gasteiger partial charge on any atom is 0.419 e. The molecular weight excluding hydrogens is 347 g/mol. The molecule has 1 saturated heterocycles. The molecule has 0 radical (unpaired) electrons. The Balaban J connectivity index is 1.66. The van der Waals surface area contributed by atoms with Gasteiger partial charge in [-0.2, -0.15) is 13.2 Å². The number of nitrogens with one attached hydrogen (secondary N) is 1. The van der Waals surface area contributed by atoms with Gasteiger partial charge >= 0.3 is 6.18 Å². The van der Waals surface area contributed by atoms with E-state index in [4.69, 9.17) is 9.47 Å². The minimum absolute atomic E-state index is 0.0793. The van der Waals surface area contributed by atoms with Gasteiger partial charge in [0.2, 0.25) is 5.91 Å². The molecule has 1 N–H and O–H groups in total. The van der Waals surface area contributed by atoms with Crippen molar-refractivity contribution < 1.29 is 27.4 Å². The molecule has 1 aliphatic heterocycles. The van der Waals surface area contributed by atoms with Crippen molar-refractivity contribution >= 4 is 11.6 Å². The van der Waals surface area contributed by atoms with Crippen molar-refractivity contribution in [3.8, 4) is 11.5 Å². The van der Waals surface area contributed by atoms with Crippen molar-refractivity contribution in [1.29, 1.82) is 0 Å². The van der Waals surface area contributed by atoms with Crippen LogP contribution in [0, 0.1) is 5.92 Å². The third kappa shape index (κ3) is 4.54. The van der Waals surface area contributed by atoms with Crippen molar-refractivity contribution in [2.45, 2.75) is 19.0 Å². The van der Waals surface area contributed by atoms with Crippen LogP contribution in [0.5, 0.6) is 11.5 Å². The zero-order valence-corrected chi connectivity index (χ0v) is 13.9. The van der Waals surface area contributed by atoms with E-state index in [1.807, 2.05) is 0 Å². The summed E-state index contributed by atoms with van der Waals surface area (Å²) in [5.41, 5.74) is -0.269. The fourth-order valence-corrected chi connectivity index (χ4v) is 2.73. The molecule has 1 amide bonds. The molecule has 4 nitrogen and oxygen atoms in total. The van der Waals surface area contributed by atoms with Crippen molar-refractivity contribution in [3.05, 3.63) is 54.1 Å². The first kappa shape index (κ1) is 18.3. The molecule has 0 aliphatic carbocycles. The summed E-state index contributed by atoms with van der Waals surface area (Å²) < 4.78 is 49.6. The first-order chi connectivity index (χ1) is 12.4. The number of para-hydroxylation sites is 1. The zero-order chi connectivity index (χ0) is 18.6. The summed E-state index contributed by atoms with van der Waals surface area (Å²) in [6.45, 7) is 1.15. The second-order valence-electron chi connectivity index (χ2n) is 6.00. The standard InChI is InChI=1S/C19H18F3NO3/c20-19(21,22)16-3-1-2-4-17(16)26-15-7-5-14(6-8-15)23-18(24)13-9-11-25-12-10-13/h1-8,13H,9-12H2,(H,23,24). The van der Waals surface area contributed by atoms with Crippen molar-refractivity contribution in [2.75, 3.05) is 18.5 Å². The number of carbonyl (C=O) groups excluding carboxylic acids is 1. The monoisotopic (exact) mass is 365 g/mol. The van der Waals surface area contributed by atoms with Crippen LogP contribution in [0.25, 0.3) is 0 Å². The summed E-state index contributed by atoms with van der Waals surface area (Å²) in [4.78, 5) is 12.2. The molecule has 0 aromatic heterocycles. The van der Waals surface area contributed by atoms with Gasteiger partial charge in [-0.1, -0.05) is 12.1 Å². The van der Waals surface area contributed by atoms with Crippen molar-refractivity contribution in [1.82, 2.24) is 0 Å². The van der Waals surface area contributed by atoms with Crippen molar-refractivity contribution in [3.63, 3.8) is 0 Å². The molecule has 0 atom stereocenters. The predicted octanol–water partition coefficient (Wildman–Crippen LogP) is 4.86. The second kappa shape index (κ2) is 7.78. The lowest BCUT2D eigenvalue weighted by molar-refractivity contribution is -0.138. The zero-order valence-electron chi connectivity index (χ0n) is 13.9. The molecule has 0 unspecified atom stereocenters. The third-order valence-electron chi connectivity index (χ3n) is 4.13. The molecule has 138 valence electrons. The molecule has 3 rings (SSSR count). The van der Waals surface area contributed by atoms with Gasteiger partial charge in [-0.15, -0.1) is 0 Å². The summed E-state index contributed by atoms with van der Waals surface area (Å²) in [7, 11) is 0. The Labute approximate surface area is 148 Å². The highest BCUT2D eigenvalue weighted by atomic mass is 19.4. The Kier molecular flexibility index (Phi) is 5.46. The number of carbonyl (C=O) groups is 1. The third-order valence-corrected chi connectivity index (χ3v) is 4.13. The Morgan fingerprint density at radius 1 is 1.04 bits per heavy atom. The lowest BCUT2D eigenvalue weighted by Gasteiger charge is -2.21. The maximum atomic E-state index is 13.0. The van der Waals surface area contributed by atoms with Crippen LogP contribution < -0.4 is 10.1 Å². The summed E-state index contributed by atoms with van der Waals surface area (Å²) in [5, 5.41) is 2.81. The molecule has 1 heterocycles. The number of anilines is 1. The smallest absolute Gasteiger partial charge is 0.419 e. The van der Waals surface area contributed by atoms with E-state index in [0.29, 0.717) is 31.7 Å². The average molecular weight is 365 g/mol. The minimum Gasteiger partial charge on any atom is -0.457 e. The van der Waals surface area contributed by atoms with E-state index in [0.717, 1.165) is 6.07 Å². The number of hydrogen-bond donors (Lipinski definition) is 1. The van der Waals surface area contributed by atoms with Gasteiger partial charge in [-0.25, -0.2) is 0 Å². The number of rotatable bonds is 4. The van der Waals surface area contributed by atoms with Crippen LogP contribution in [0.4, 0.5) is 18.9 Å². The largest absolute Gasteiger partial charge is 0.457 e. The molecule has 0 saturated carbocycles. The van der Waals surface area contributed by atoms with Crippen LogP contribution in [0.1, 0.15) is 18.4 Å². The molecule has 7 heteroatoms. The molecule has 26 heavy (non-hydrogen) atoms. The Bertz CT molecular complexity index is 753. The van der Waals surface area contributed by atoms with E-state index in [-0.39, 0.29) is 23.3 Å². The van der Waals surface area contributed by atoms with Crippen LogP contribution in [0.15, 0.2) is 48.5 Å². The molecule has 0 spiro atoms. The number of hydrogen-bond acceptors (Lipinski definition) is 3. The van der Waals surface area contributed by atoms with Gasteiger partial charge in [0.15, 0.2) is 0 Å². The lowest BCUT2D eigenvalue weighted by atomic mass is 9.99. The number of ether oxygens (including phenoxy) is 2. The Morgan fingerprint density at radius 3 is 2.35 bits per heavy atom. The minimum atomic E-state index is -4.49. The van der Waals surface area contributed by atoms with Gasteiger partial charge in [-0.05, 0) is 49.2 Å². The molecule has 2 aromatic rings. The van der Waals surface area contributed by atoms with Gasteiger partial charge in [0.05, 0.1) is 5.56 Å². The van der Waals surface area contributed by atoms with Crippen molar-refractivity contribution in [2.24, 2.45) is 5.92 Å². The van der Waals surface area contributed by atoms with Crippen LogP contribution in [0.2, 0.25) is 0 Å². The fraction of sp³-hybridized carbons (Fsp3) is 0.316. The number of alkyl halides is 3. The quantitative estimate of drug-likeness (QED) is 0.841. The highest BCUT2D eigenvalue weighted by Gasteiger charge is 2.34. The highest BCUT2D eigenvalue weighted by Crippen LogP contribution is 2.38. The first-order valence-electron chi connectivity index (χ1n) is 8.26. The van der Waals surface area contributed by atoms with Crippen LogP contribution in [-0.4, -0.2) is 19.1 Å². The number of halogens is 3. The van der Waals surface area contributed by atoms with E-state index in [2.05, 4.69) is 5.32 Å². The Morgan fingerprint density at radius 2 is 1.69 bits per heavy atom. The van der Waals surface area contributed by atoms with Gasteiger partial charge < -0.3 is 14.8 Å². The van der Waals surface area contributed by atoms with Gasteiger partial charge in [0.1, 0.15) is 11.5 Å². The van der Waals surface area contributed by atoms with Crippen LogP contribution in [-0.2, 0) is 15.7 Å². The highest BCUT2D eigenvalue weighted by molar-refractivity contribution is 5.92. The van der Waals surface area contributed by atoms with Crippen LogP contribution >= 0.6 is 0 Å². The van der Waals surface area contributed by atoms with Gasteiger partial charge in [0, 0.05) is 24.8 Å². The van der Waals surface area contributed by atoms with E-state index in [1.54, 1.807) is 12.1 Å². The van der Waals surface area contributed by atoms with Gasteiger partial charge in [0.25, 0.3) is 0 Å². The summed E-state index contributed by atoms with van der Waals surface area (Å²) in [6.07, 6.45) is -3.13. The second-order valence-corrected chi connectivity index (χ2v) is 6.00. The normalized spacial score (nSPS) is 15.5. The molecular formula is C19H18F3NO3. The predicted molar refractivity (Wildman–Crippen MR) is 90.1 cm³/mol. The SMILES string of the molecule is O=C(Nc1ccc(Oc2ccccc2C(F)(F)F)cc1)C1CCOCC1. The van der Waals surface area contributed by atoms with E-state index in [9.17, 15) is 18.0 Å². The van der Waals surface area contributed by atoms with Crippen LogP contribution in [0.3, 0.4) is 0 Å². The molecule has 2 aromatic carbocycles. The average Bonchev–Trinajstić information content (AvgIpc) is 2.63. The topological polar surface area (TPSA) is 47.6 Å². The molecule has 1 aliphatic rings. The number of amides is 1. The summed E-state index contributed by atoms with van der Waals surface area (Å²) >= 11 is 0. The Hall–Kier alpha value is -2.54. The first-order valence-corrected chi connectivity index (χ1v) is 8.26. The summed E-state index contributed by atoms with van der Waals surface area (Å²) in [5.74, 6) is -0.174.